The molecule has 0 radical (unpaired) electrons. The van der Waals surface area contributed by atoms with Gasteiger partial charge >= 0.3 is 0 Å². The van der Waals surface area contributed by atoms with Gasteiger partial charge in [0.15, 0.2) is 21.0 Å². The summed E-state index contributed by atoms with van der Waals surface area (Å²) in [7, 11) is -3.20. The molecule has 6 nitrogen and oxygen atoms in total. The Bertz CT molecular complexity index is 1320. The van der Waals surface area contributed by atoms with E-state index < -0.39 is 21.8 Å². The molecule has 0 saturated carbocycles. The molecule has 1 atom stereocenters. The molecule has 0 bridgehead atoms. The van der Waals surface area contributed by atoms with Crippen molar-refractivity contribution < 1.29 is 17.6 Å². The molecule has 0 N–H and O–H groups in total. The summed E-state index contributed by atoms with van der Waals surface area (Å²) in [5.41, 5.74) is 3.85. The van der Waals surface area contributed by atoms with Gasteiger partial charge in [-0.05, 0) is 49.9 Å². The van der Waals surface area contributed by atoms with Crippen LogP contribution in [0.15, 0.2) is 51.7 Å². The average molecular weight is 440 g/mol. The van der Waals surface area contributed by atoms with Crippen LogP contribution in [0.25, 0.3) is 11.0 Å². The van der Waals surface area contributed by atoms with Crippen molar-refractivity contribution in [3.05, 3.63) is 80.7 Å². The first-order valence-corrected chi connectivity index (χ1v) is 12.1. The van der Waals surface area contributed by atoms with Crippen LogP contribution < -0.4 is 5.43 Å². The Kier molecular flexibility index (Phi) is 5.47. The lowest BCUT2D eigenvalue weighted by Gasteiger charge is -2.28. The molecular weight excluding hydrogens is 414 g/mol. The molecule has 0 aliphatic carbocycles. The molecule has 1 aliphatic heterocycles. The van der Waals surface area contributed by atoms with Gasteiger partial charge in [0.05, 0.1) is 16.9 Å². The minimum Gasteiger partial charge on any atom is -0.450 e. The average Bonchev–Trinajstić information content (AvgIpc) is 3.09. The third-order valence-electron chi connectivity index (χ3n) is 6.01. The third-order valence-corrected chi connectivity index (χ3v) is 7.76. The maximum Gasteiger partial charge on any atom is 0.290 e. The molecule has 162 valence electrons. The Morgan fingerprint density at radius 1 is 1.10 bits per heavy atom. The van der Waals surface area contributed by atoms with Gasteiger partial charge in [0.2, 0.25) is 0 Å². The summed E-state index contributed by atoms with van der Waals surface area (Å²) in [6.45, 7) is 5.98. The highest BCUT2D eigenvalue weighted by atomic mass is 32.2. The van der Waals surface area contributed by atoms with Crippen molar-refractivity contribution in [2.24, 2.45) is 0 Å². The second kappa shape index (κ2) is 7.96. The van der Waals surface area contributed by atoms with E-state index in [4.69, 9.17) is 4.42 Å². The predicted molar refractivity (Wildman–Crippen MR) is 120 cm³/mol. The van der Waals surface area contributed by atoms with Gasteiger partial charge in [-0.2, -0.15) is 0 Å². The third kappa shape index (κ3) is 4.28. The van der Waals surface area contributed by atoms with E-state index in [-0.39, 0.29) is 29.2 Å². The van der Waals surface area contributed by atoms with Gasteiger partial charge in [0, 0.05) is 18.7 Å². The van der Waals surface area contributed by atoms with Crippen LogP contribution in [-0.2, 0) is 16.4 Å². The van der Waals surface area contributed by atoms with E-state index in [1.54, 1.807) is 6.07 Å². The van der Waals surface area contributed by atoms with E-state index >= 15 is 0 Å². The zero-order valence-corrected chi connectivity index (χ0v) is 18.7. The number of sulfone groups is 1. The molecular formula is C24H25NO5S. The Balaban J connectivity index is 1.77. The van der Waals surface area contributed by atoms with Crippen LogP contribution in [0.1, 0.15) is 39.2 Å². The van der Waals surface area contributed by atoms with E-state index in [2.05, 4.69) is 0 Å². The van der Waals surface area contributed by atoms with Crippen LogP contribution in [0, 0.1) is 20.8 Å². The zero-order chi connectivity index (χ0) is 22.3. The molecule has 1 fully saturated rings. The number of benzene rings is 2. The quantitative estimate of drug-likeness (QED) is 0.621. The lowest BCUT2D eigenvalue weighted by atomic mass is 10.1. The number of carbonyl (C=O) groups excluding carboxylic acids is 1. The standard InChI is InChI=1S/C24H25NO5S/c1-15-4-7-18(8-5-15)13-25(19-10-11-31(28,29)14-19)24(27)22-12-21(26)20-9-6-16(2)17(3)23(20)30-22/h4-9,12,19H,10-11,13-14H2,1-3H3/t19-/m0/s1. The molecule has 4 rings (SSSR count). The number of nitrogens with zero attached hydrogens (tertiary/aromatic N) is 1. The van der Waals surface area contributed by atoms with Crippen molar-refractivity contribution in [3.8, 4) is 0 Å². The van der Waals surface area contributed by atoms with Gasteiger partial charge in [0.25, 0.3) is 5.91 Å². The van der Waals surface area contributed by atoms with Crippen LogP contribution in [0.3, 0.4) is 0 Å². The largest absolute Gasteiger partial charge is 0.450 e. The van der Waals surface area contributed by atoms with E-state index in [9.17, 15) is 18.0 Å². The van der Waals surface area contributed by atoms with Crippen LogP contribution in [-0.4, -0.2) is 36.8 Å². The number of hydrogen-bond donors (Lipinski definition) is 0. The topological polar surface area (TPSA) is 84.7 Å². The Morgan fingerprint density at radius 3 is 2.45 bits per heavy atom. The van der Waals surface area contributed by atoms with E-state index in [1.807, 2.05) is 51.1 Å². The van der Waals surface area contributed by atoms with Crippen LogP contribution in [0.4, 0.5) is 0 Å². The lowest BCUT2D eigenvalue weighted by Crippen LogP contribution is -2.41. The van der Waals surface area contributed by atoms with Crippen LogP contribution >= 0.6 is 0 Å². The summed E-state index contributed by atoms with van der Waals surface area (Å²) in [5, 5.41) is 0.424. The number of fused-ring (bicyclic) bond motifs is 1. The second-order valence-electron chi connectivity index (χ2n) is 8.33. The molecule has 1 amide bonds. The predicted octanol–water partition coefficient (Wildman–Crippen LogP) is 3.55. The first-order valence-electron chi connectivity index (χ1n) is 10.3. The van der Waals surface area contributed by atoms with Gasteiger partial charge in [-0.3, -0.25) is 9.59 Å². The summed E-state index contributed by atoms with van der Waals surface area (Å²) in [4.78, 5) is 27.7. The lowest BCUT2D eigenvalue weighted by molar-refractivity contribution is 0.0648. The summed E-state index contributed by atoms with van der Waals surface area (Å²) >= 11 is 0. The van der Waals surface area contributed by atoms with E-state index in [0.29, 0.717) is 17.4 Å². The number of carbonyl (C=O) groups is 1. The number of rotatable bonds is 4. The molecule has 1 saturated heterocycles. The SMILES string of the molecule is Cc1ccc(CN(C(=O)c2cc(=O)c3ccc(C)c(C)c3o2)[C@H]2CCS(=O)(=O)C2)cc1. The first kappa shape index (κ1) is 21.3. The highest BCUT2D eigenvalue weighted by Crippen LogP contribution is 2.25. The Morgan fingerprint density at radius 2 is 1.81 bits per heavy atom. The fourth-order valence-corrected chi connectivity index (χ4v) is 5.71. The van der Waals surface area contributed by atoms with E-state index in [1.165, 1.54) is 11.0 Å². The molecule has 2 heterocycles. The fourth-order valence-electron chi connectivity index (χ4n) is 3.98. The molecule has 1 aromatic heterocycles. The smallest absolute Gasteiger partial charge is 0.290 e. The highest BCUT2D eigenvalue weighted by Gasteiger charge is 2.36. The van der Waals surface area contributed by atoms with Crippen molar-refractivity contribution in [3.63, 3.8) is 0 Å². The van der Waals surface area contributed by atoms with Crippen molar-refractivity contribution in [1.29, 1.82) is 0 Å². The molecule has 0 unspecified atom stereocenters. The minimum absolute atomic E-state index is 0.0509. The van der Waals surface area contributed by atoms with Gasteiger partial charge in [-0.15, -0.1) is 0 Å². The van der Waals surface area contributed by atoms with Gasteiger partial charge in [0.1, 0.15) is 5.58 Å². The first-order chi connectivity index (χ1) is 14.6. The van der Waals surface area contributed by atoms with Gasteiger partial charge in [-0.1, -0.05) is 35.9 Å². The summed E-state index contributed by atoms with van der Waals surface area (Å²) in [6, 6.07) is 12.0. The molecule has 3 aromatic rings. The van der Waals surface area contributed by atoms with E-state index in [0.717, 1.165) is 22.3 Å². The zero-order valence-electron chi connectivity index (χ0n) is 17.8. The monoisotopic (exact) mass is 439 g/mol. The molecule has 0 spiro atoms. The normalized spacial score (nSPS) is 17.7. The Labute approximate surface area is 181 Å². The maximum atomic E-state index is 13.5. The minimum atomic E-state index is -3.20. The molecule has 2 aromatic carbocycles. The summed E-state index contributed by atoms with van der Waals surface area (Å²) in [5.74, 6) is -0.569. The highest BCUT2D eigenvalue weighted by molar-refractivity contribution is 7.91. The number of hydrogen-bond acceptors (Lipinski definition) is 5. The summed E-state index contributed by atoms with van der Waals surface area (Å²) in [6.07, 6.45) is 0.371. The molecule has 1 aliphatic rings. The molecule has 31 heavy (non-hydrogen) atoms. The van der Waals surface area contributed by atoms with Crippen molar-refractivity contribution in [2.45, 2.75) is 39.8 Å². The van der Waals surface area contributed by atoms with Crippen molar-refractivity contribution in [2.75, 3.05) is 11.5 Å². The fraction of sp³-hybridized carbons (Fsp3) is 0.333. The Hall–Kier alpha value is -2.93. The van der Waals surface area contributed by atoms with Gasteiger partial charge < -0.3 is 9.32 Å². The summed E-state index contributed by atoms with van der Waals surface area (Å²) < 4.78 is 30.1. The van der Waals surface area contributed by atoms with Crippen molar-refractivity contribution >= 4 is 26.7 Å². The van der Waals surface area contributed by atoms with Crippen LogP contribution in [0.5, 0.6) is 0 Å². The second-order valence-corrected chi connectivity index (χ2v) is 10.6. The van der Waals surface area contributed by atoms with Crippen LogP contribution in [0.2, 0.25) is 0 Å². The van der Waals surface area contributed by atoms with Gasteiger partial charge in [-0.25, -0.2) is 8.42 Å². The number of amides is 1. The maximum absolute atomic E-state index is 13.5. The van der Waals surface area contributed by atoms with Crippen molar-refractivity contribution in [1.82, 2.24) is 4.90 Å². The molecule has 7 heteroatoms. The number of aryl methyl sites for hydroxylation is 3.